The zero-order chi connectivity index (χ0) is 9.68. The zero-order valence-electron chi connectivity index (χ0n) is 7.54. The minimum Gasteiger partial charge on any atom is -0.434 e. The molecule has 0 aliphatic heterocycles. The van der Waals surface area contributed by atoms with Gasteiger partial charge in [0.1, 0.15) is 0 Å². The molecule has 0 atom stereocenters. The summed E-state index contributed by atoms with van der Waals surface area (Å²) in [5.41, 5.74) is 5.28. The van der Waals surface area contributed by atoms with E-state index in [1.165, 1.54) is 6.20 Å². The fourth-order valence-electron chi connectivity index (χ4n) is 0.835. The second-order valence-corrected chi connectivity index (χ2v) is 2.58. The number of hydrogen-bond acceptors (Lipinski definition) is 4. The van der Waals surface area contributed by atoms with Crippen LogP contribution in [-0.2, 0) is 6.54 Å². The van der Waals surface area contributed by atoms with Crippen molar-refractivity contribution < 1.29 is 9.21 Å². The van der Waals surface area contributed by atoms with Crippen LogP contribution in [0.15, 0.2) is 10.6 Å². The number of rotatable bonds is 4. The minimum absolute atomic E-state index is 0.209. The summed E-state index contributed by atoms with van der Waals surface area (Å²) in [6.07, 6.45) is 2.27. The van der Waals surface area contributed by atoms with Gasteiger partial charge in [-0.25, -0.2) is 4.98 Å². The quantitative estimate of drug-likeness (QED) is 0.702. The lowest BCUT2D eigenvalue weighted by Crippen LogP contribution is -2.23. The Bertz CT molecular complexity index is 283. The highest BCUT2D eigenvalue weighted by Crippen LogP contribution is 2.01. The highest BCUT2D eigenvalue weighted by molar-refractivity contribution is 5.91. The Balaban J connectivity index is 2.55. The fraction of sp³-hybridized carbons (Fsp3) is 0.500. The Morgan fingerprint density at radius 2 is 2.54 bits per heavy atom. The molecule has 0 fully saturated rings. The van der Waals surface area contributed by atoms with Crippen molar-refractivity contribution in [3.63, 3.8) is 0 Å². The standard InChI is InChI=1S/C8H13N3O2/c1-2-3-10-8(12)6-5-11-7(4-9)13-6/h5H,2-4,9H2,1H3,(H,10,12). The number of nitrogens with two attached hydrogens (primary N) is 1. The van der Waals surface area contributed by atoms with Gasteiger partial charge in [0, 0.05) is 6.54 Å². The Morgan fingerprint density at radius 1 is 1.77 bits per heavy atom. The molecule has 13 heavy (non-hydrogen) atoms. The van der Waals surface area contributed by atoms with Crippen molar-refractivity contribution in [3.05, 3.63) is 17.8 Å². The van der Waals surface area contributed by atoms with Crippen LogP contribution < -0.4 is 11.1 Å². The van der Waals surface area contributed by atoms with Crippen LogP contribution in [0, 0.1) is 0 Å². The van der Waals surface area contributed by atoms with Gasteiger partial charge in [0.25, 0.3) is 5.91 Å². The van der Waals surface area contributed by atoms with Crippen LogP contribution in [0.3, 0.4) is 0 Å². The molecule has 1 rings (SSSR count). The highest BCUT2D eigenvalue weighted by atomic mass is 16.4. The summed E-state index contributed by atoms with van der Waals surface area (Å²) in [5, 5.41) is 2.67. The summed E-state index contributed by atoms with van der Waals surface area (Å²) in [4.78, 5) is 15.1. The third kappa shape index (κ3) is 2.55. The number of hydrogen-bond donors (Lipinski definition) is 2. The first-order chi connectivity index (χ1) is 6.27. The molecule has 0 aliphatic rings. The lowest BCUT2D eigenvalue weighted by Gasteiger charge is -1.98. The van der Waals surface area contributed by atoms with Crippen LogP contribution in [0.25, 0.3) is 0 Å². The first kappa shape index (κ1) is 9.73. The van der Waals surface area contributed by atoms with Gasteiger partial charge in [-0.2, -0.15) is 0 Å². The van der Waals surface area contributed by atoms with E-state index in [0.717, 1.165) is 6.42 Å². The molecule has 0 spiro atoms. The van der Waals surface area contributed by atoms with E-state index >= 15 is 0 Å². The summed E-state index contributed by atoms with van der Waals surface area (Å²) >= 11 is 0. The van der Waals surface area contributed by atoms with E-state index in [9.17, 15) is 4.79 Å². The summed E-state index contributed by atoms with van der Waals surface area (Å²) in [6.45, 7) is 2.82. The van der Waals surface area contributed by atoms with E-state index in [0.29, 0.717) is 12.4 Å². The molecular formula is C8H13N3O2. The van der Waals surface area contributed by atoms with E-state index in [2.05, 4.69) is 10.3 Å². The Kier molecular flexibility index (Phi) is 3.45. The normalized spacial score (nSPS) is 10.0. The largest absolute Gasteiger partial charge is 0.434 e. The molecule has 0 radical (unpaired) electrons. The van der Waals surface area contributed by atoms with Gasteiger partial charge < -0.3 is 15.5 Å². The van der Waals surface area contributed by atoms with E-state index in [-0.39, 0.29) is 18.2 Å². The van der Waals surface area contributed by atoms with Crippen LogP contribution in [0.2, 0.25) is 0 Å². The maximum Gasteiger partial charge on any atom is 0.288 e. The molecule has 1 amide bonds. The number of amides is 1. The average molecular weight is 183 g/mol. The zero-order valence-corrected chi connectivity index (χ0v) is 7.54. The lowest BCUT2D eigenvalue weighted by atomic mass is 10.4. The monoisotopic (exact) mass is 183 g/mol. The van der Waals surface area contributed by atoms with Gasteiger partial charge in [-0.15, -0.1) is 0 Å². The molecule has 1 aromatic heterocycles. The predicted molar refractivity (Wildman–Crippen MR) is 47.0 cm³/mol. The topological polar surface area (TPSA) is 81.2 Å². The van der Waals surface area contributed by atoms with Crippen LogP contribution in [0.5, 0.6) is 0 Å². The third-order valence-corrected chi connectivity index (χ3v) is 1.49. The number of oxazole rings is 1. The van der Waals surface area contributed by atoms with Gasteiger partial charge in [-0.3, -0.25) is 4.79 Å². The Labute approximate surface area is 76.3 Å². The van der Waals surface area contributed by atoms with Crippen molar-refractivity contribution in [1.82, 2.24) is 10.3 Å². The van der Waals surface area contributed by atoms with Crippen LogP contribution in [-0.4, -0.2) is 17.4 Å². The molecule has 3 N–H and O–H groups in total. The highest BCUT2D eigenvalue weighted by Gasteiger charge is 2.10. The molecule has 0 saturated carbocycles. The van der Waals surface area contributed by atoms with Crippen molar-refractivity contribution >= 4 is 5.91 Å². The van der Waals surface area contributed by atoms with Gasteiger partial charge in [-0.1, -0.05) is 6.92 Å². The summed E-state index contributed by atoms with van der Waals surface area (Å²) in [7, 11) is 0. The third-order valence-electron chi connectivity index (χ3n) is 1.49. The van der Waals surface area contributed by atoms with Crippen molar-refractivity contribution in [2.45, 2.75) is 19.9 Å². The molecule has 1 aromatic rings. The van der Waals surface area contributed by atoms with E-state index in [4.69, 9.17) is 10.2 Å². The number of aromatic nitrogens is 1. The first-order valence-corrected chi connectivity index (χ1v) is 4.21. The van der Waals surface area contributed by atoms with Crippen LogP contribution in [0.1, 0.15) is 29.8 Å². The van der Waals surface area contributed by atoms with E-state index in [1.54, 1.807) is 0 Å². The molecular weight excluding hydrogens is 170 g/mol. The number of carbonyl (C=O) groups is 1. The fourth-order valence-corrected chi connectivity index (χ4v) is 0.835. The van der Waals surface area contributed by atoms with Crippen molar-refractivity contribution in [3.8, 4) is 0 Å². The second kappa shape index (κ2) is 4.61. The van der Waals surface area contributed by atoms with Gasteiger partial charge in [-0.05, 0) is 6.42 Å². The Morgan fingerprint density at radius 3 is 3.08 bits per heavy atom. The maximum atomic E-state index is 11.2. The van der Waals surface area contributed by atoms with Crippen molar-refractivity contribution in [1.29, 1.82) is 0 Å². The smallest absolute Gasteiger partial charge is 0.288 e. The Hall–Kier alpha value is -1.36. The lowest BCUT2D eigenvalue weighted by molar-refractivity contribution is 0.0924. The SMILES string of the molecule is CCCNC(=O)c1cnc(CN)o1. The van der Waals surface area contributed by atoms with Crippen LogP contribution >= 0.6 is 0 Å². The summed E-state index contributed by atoms with van der Waals surface area (Å²) in [6, 6.07) is 0. The molecule has 5 heteroatoms. The van der Waals surface area contributed by atoms with Gasteiger partial charge in [0.05, 0.1) is 12.7 Å². The number of nitrogens with one attached hydrogen (secondary N) is 1. The molecule has 0 unspecified atom stereocenters. The van der Waals surface area contributed by atoms with Crippen LogP contribution in [0.4, 0.5) is 0 Å². The summed E-state index contributed by atoms with van der Waals surface area (Å²) < 4.78 is 5.04. The van der Waals surface area contributed by atoms with E-state index in [1.807, 2.05) is 6.92 Å². The average Bonchev–Trinajstić information content (AvgIpc) is 2.62. The molecule has 72 valence electrons. The first-order valence-electron chi connectivity index (χ1n) is 4.21. The number of nitrogens with zero attached hydrogens (tertiary/aromatic N) is 1. The summed E-state index contributed by atoms with van der Waals surface area (Å²) in [5.74, 6) is 0.351. The molecule has 0 aromatic carbocycles. The molecule has 0 aliphatic carbocycles. The molecule has 0 saturated heterocycles. The van der Waals surface area contributed by atoms with Gasteiger partial charge in [0.2, 0.25) is 11.7 Å². The maximum absolute atomic E-state index is 11.2. The number of carbonyl (C=O) groups excluding carboxylic acids is 1. The van der Waals surface area contributed by atoms with Crippen molar-refractivity contribution in [2.24, 2.45) is 5.73 Å². The molecule has 1 heterocycles. The molecule has 0 bridgehead atoms. The minimum atomic E-state index is -0.242. The predicted octanol–water partition coefficient (Wildman–Crippen LogP) is 0.273. The molecule has 5 nitrogen and oxygen atoms in total. The van der Waals surface area contributed by atoms with E-state index < -0.39 is 0 Å². The second-order valence-electron chi connectivity index (χ2n) is 2.58. The van der Waals surface area contributed by atoms with Gasteiger partial charge >= 0.3 is 0 Å². The van der Waals surface area contributed by atoms with Crippen molar-refractivity contribution in [2.75, 3.05) is 6.54 Å². The van der Waals surface area contributed by atoms with Gasteiger partial charge in [0.15, 0.2) is 0 Å².